The van der Waals surface area contributed by atoms with Gasteiger partial charge < -0.3 is 103 Å². The fourth-order valence-corrected chi connectivity index (χ4v) is 17.0. The highest BCUT2D eigenvalue weighted by Gasteiger charge is 2.46. The Morgan fingerprint density at radius 3 is 1.55 bits per heavy atom. The molecule has 0 radical (unpaired) electrons. The molecule has 0 spiro atoms. The fourth-order valence-electron chi connectivity index (χ4n) is 15.9. The Morgan fingerprint density at radius 2 is 0.985 bits per heavy atom. The third-order valence-corrected chi connectivity index (χ3v) is 24.4. The number of benzene rings is 6. The summed E-state index contributed by atoms with van der Waals surface area (Å²) in [5.74, 6) is -15.6. The van der Waals surface area contributed by atoms with E-state index in [1.165, 1.54) is 86.5 Å². The van der Waals surface area contributed by atoms with Gasteiger partial charge in [0.2, 0.25) is 88.6 Å². The SMILES string of the molecule is CCCC[C@H]1C(=O)N(C)CC(=O)N[C@@H](CC(O)=P)C(=O)N[C@@H](C(C)C)C(=O)N(C)[C@@H](Cc2ccccc2)C(=O)N[C@@H](Cc2ccc(O)cc2)C(=O)N2C[C@@H](O)C[C@@H]2C(=O)N[C@@H](Cc2c[nH]c3ccccc23)C(=O)N[C@@H](Cc2ccc(O)cc2)C(=O)N[C@@H](CC(C)C)C(=O)N[C@H](C(=O)NCC(N)=O)CSCC(=O)N[C@@H](Cc2ccccc2)C(=O)N(C)[C@@H](Cc2ccccc2)C(=O)N1C. The summed E-state index contributed by atoms with van der Waals surface area (Å²) >= 11 is 0.832. The van der Waals surface area contributed by atoms with E-state index in [0.717, 1.165) is 26.5 Å². The molecular formula is C95H121N16O19PS. The molecule has 16 N–H and O–H groups in total. The van der Waals surface area contributed by atoms with Crippen molar-refractivity contribution in [2.75, 3.05) is 59.3 Å². The van der Waals surface area contributed by atoms with Crippen LogP contribution in [0.5, 0.6) is 11.5 Å². The van der Waals surface area contributed by atoms with E-state index in [-0.39, 0.29) is 74.5 Å². The minimum Gasteiger partial charge on any atom is -0.508 e. The van der Waals surface area contributed by atoms with Gasteiger partial charge in [-0.15, -0.1) is 11.8 Å². The van der Waals surface area contributed by atoms with Crippen molar-refractivity contribution in [3.63, 3.8) is 0 Å². The Kier molecular flexibility index (Phi) is 38.3. The molecule has 0 aliphatic carbocycles. The van der Waals surface area contributed by atoms with Crippen molar-refractivity contribution in [2.45, 2.75) is 190 Å². The Balaban J connectivity index is 1.13. The highest BCUT2D eigenvalue weighted by molar-refractivity contribution is 8.00. The second-order valence-electron chi connectivity index (χ2n) is 34.3. The van der Waals surface area contributed by atoms with Crippen molar-refractivity contribution in [3.05, 3.63) is 203 Å². The summed E-state index contributed by atoms with van der Waals surface area (Å²) in [6.07, 6.45) is -1.28. The van der Waals surface area contributed by atoms with E-state index in [9.17, 15) is 44.4 Å². The zero-order valence-electron chi connectivity index (χ0n) is 75.5. The van der Waals surface area contributed by atoms with E-state index in [2.05, 4.69) is 61.7 Å². The molecule has 2 fully saturated rings. The summed E-state index contributed by atoms with van der Waals surface area (Å²) in [4.78, 5) is 234. The van der Waals surface area contributed by atoms with Gasteiger partial charge in [0, 0.05) is 109 Å². The Morgan fingerprint density at radius 1 is 0.508 bits per heavy atom. The number of amides is 15. The maximum Gasteiger partial charge on any atom is 0.246 e. The number of aromatic nitrogens is 1. The summed E-state index contributed by atoms with van der Waals surface area (Å²) in [6.45, 7) is 6.64. The lowest BCUT2D eigenvalue weighted by molar-refractivity contribution is -0.151. The number of nitrogens with zero attached hydrogens (tertiary/aromatic N) is 5. The van der Waals surface area contributed by atoms with Gasteiger partial charge in [-0.25, -0.2) is 0 Å². The number of hydrogen-bond acceptors (Lipinski definition) is 19. The standard InChI is InChI=1S/C95H121N16O19PS/c1-10-11-31-75-93(128)107(6)52-80(116)99-71(48-82(118)131)88(123)106-83(56(4)5)95(130)109(8)76(44-58-25-17-13-18-26-58)89(124)104-73(43-61-34-38-64(113)39-35-61)92(127)111-51-65(114)47-77(111)90(125)103-70(46-62-49-97-67-30-22-21-29-66(62)67)87(122)102-69(41-60-32-36-63(112)37-33-60)86(121)101-68(40-55(2)3)85(120)105-74(84(119)98-50-79(96)115)53-132-54-81(117)100-72(42-57-23-15-12-16-24-57)91(126)110(9)78(94(129)108(75)7)45-59-27-19-14-20-28-59/h12-30,32-39,49,55-56,65,68-78,83,97,112-114,118,131H,10-11,31,40-48,50-54H2,1-9H3,(H2,96,115)(H,98,119)(H,99,116)(H,100,117)(H,101,121)(H,102,122)(H,103,125)(H,104,124)(H,105,120)(H,106,123)/t65-,68-,69-,70-,71-,72-,73-,74-,75-,76-,77+,78-,83-/m0/s1. The number of carbonyl (C=O) groups excluding carboxylic acids is 15. The van der Waals surface area contributed by atoms with Crippen molar-refractivity contribution >= 4 is 126 Å². The van der Waals surface area contributed by atoms with Gasteiger partial charge in [0.1, 0.15) is 84.0 Å². The van der Waals surface area contributed by atoms with Crippen LogP contribution in [-0.4, -0.2) is 282 Å². The molecule has 37 heteroatoms. The summed E-state index contributed by atoms with van der Waals surface area (Å²) in [5.41, 5.74) is 8.57. The number of nitrogens with one attached hydrogen (secondary N) is 10. The number of aromatic hydroxyl groups is 2. The number of phenols is 2. The molecule has 0 saturated carbocycles. The molecule has 706 valence electrons. The van der Waals surface area contributed by atoms with Gasteiger partial charge in [-0.3, -0.25) is 71.9 Å². The Hall–Kier alpha value is -13.1. The van der Waals surface area contributed by atoms with Crippen LogP contribution in [0, 0.1) is 11.8 Å². The second-order valence-corrected chi connectivity index (χ2v) is 35.9. The van der Waals surface area contributed by atoms with Crippen LogP contribution in [0.15, 0.2) is 170 Å². The molecule has 132 heavy (non-hydrogen) atoms. The van der Waals surface area contributed by atoms with Gasteiger partial charge in [0.05, 0.1) is 30.4 Å². The predicted octanol–water partition coefficient (Wildman–Crippen LogP) is 2.39. The molecule has 2 aliphatic heterocycles. The number of likely N-dealkylation sites (N-methyl/N-ethyl adjacent to an activating group) is 4. The topological polar surface area (TPSA) is 503 Å². The van der Waals surface area contributed by atoms with Crippen molar-refractivity contribution in [1.29, 1.82) is 0 Å². The molecular weight excluding hydrogens is 1730 g/mol. The molecule has 0 bridgehead atoms. The average Bonchev–Trinajstić information content (AvgIpc) is 1.57. The van der Waals surface area contributed by atoms with Crippen LogP contribution in [0.1, 0.15) is 107 Å². The number of rotatable bonds is 23. The largest absolute Gasteiger partial charge is 0.508 e. The number of aliphatic hydroxyl groups excluding tert-OH is 2. The minimum atomic E-state index is -1.66. The third kappa shape index (κ3) is 29.7. The number of nitrogens with two attached hydrogens (primary N) is 1. The van der Waals surface area contributed by atoms with Crippen LogP contribution in [0.4, 0.5) is 0 Å². The van der Waals surface area contributed by atoms with Crippen LogP contribution >= 0.6 is 20.6 Å². The molecule has 7 aromatic rings. The molecule has 2 saturated heterocycles. The first kappa shape index (κ1) is 103. The van der Waals surface area contributed by atoms with E-state index in [0.29, 0.717) is 57.1 Å². The zero-order chi connectivity index (χ0) is 96.2. The van der Waals surface area contributed by atoms with Gasteiger partial charge in [-0.2, -0.15) is 0 Å². The number of H-pyrrole nitrogens is 1. The molecule has 9 rings (SSSR count). The number of unbranched alkanes of at least 4 members (excludes halogenated alkanes) is 1. The van der Waals surface area contributed by atoms with Crippen molar-refractivity contribution in [2.24, 2.45) is 17.6 Å². The van der Waals surface area contributed by atoms with E-state index in [1.54, 1.807) is 149 Å². The van der Waals surface area contributed by atoms with Crippen LogP contribution in [0.3, 0.4) is 0 Å². The van der Waals surface area contributed by atoms with E-state index in [1.807, 2.05) is 6.92 Å². The third-order valence-electron chi connectivity index (χ3n) is 23.2. The quantitative estimate of drug-likeness (QED) is 0.0409. The summed E-state index contributed by atoms with van der Waals surface area (Å²) < 4.78 is 0. The second kappa shape index (κ2) is 49.3. The first-order chi connectivity index (χ1) is 62.9. The molecule has 6 aromatic carbocycles. The Labute approximate surface area is 773 Å². The van der Waals surface area contributed by atoms with Crippen molar-refractivity contribution in [3.8, 4) is 11.5 Å². The number of fused-ring (bicyclic) bond motifs is 2. The summed E-state index contributed by atoms with van der Waals surface area (Å²) in [7, 11) is 8.45. The predicted molar refractivity (Wildman–Crippen MR) is 498 cm³/mol. The number of hydrogen-bond donors (Lipinski definition) is 15. The smallest absolute Gasteiger partial charge is 0.246 e. The van der Waals surface area contributed by atoms with Crippen LogP contribution in [0.25, 0.3) is 10.9 Å². The Bertz CT molecular complexity index is 5210. The van der Waals surface area contributed by atoms with Gasteiger partial charge >= 0.3 is 0 Å². The number of primary amides is 1. The molecule has 15 amide bonds. The number of carbonyl (C=O) groups is 15. The number of phenolic OH excluding ortho intramolecular Hbond substituents is 2. The first-order valence-corrected chi connectivity index (χ1v) is 45.6. The van der Waals surface area contributed by atoms with Gasteiger partial charge in [-0.05, 0) is 88.4 Å². The van der Waals surface area contributed by atoms with E-state index >= 15 is 47.9 Å². The van der Waals surface area contributed by atoms with Crippen LogP contribution in [0.2, 0.25) is 0 Å². The van der Waals surface area contributed by atoms with Crippen molar-refractivity contribution < 1.29 is 92.3 Å². The number of para-hydroxylation sites is 1. The minimum absolute atomic E-state index is 0.0575. The number of aliphatic hydroxyl groups is 2. The highest BCUT2D eigenvalue weighted by Crippen LogP contribution is 2.27. The summed E-state index contributed by atoms with van der Waals surface area (Å²) in [5, 5.41) is 68.3. The lowest BCUT2D eigenvalue weighted by atomic mass is 9.98. The highest BCUT2D eigenvalue weighted by atomic mass is 32.2. The van der Waals surface area contributed by atoms with Crippen LogP contribution < -0.4 is 53.6 Å². The van der Waals surface area contributed by atoms with Gasteiger partial charge in [0.15, 0.2) is 0 Å². The number of thioether (sulfide) groups is 1. The lowest BCUT2D eigenvalue weighted by Crippen LogP contribution is -2.62. The zero-order valence-corrected chi connectivity index (χ0v) is 77.3. The molecule has 3 heterocycles. The lowest BCUT2D eigenvalue weighted by Gasteiger charge is -2.37. The molecule has 13 atom stereocenters. The average molecular weight is 1850 g/mol. The van der Waals surface area contributed by atoms with Crippen molar-refractivity contribution in [1.82, 2.24) is 77.3 Å². The first-order valence-electron chi connectivity index (χ1n) is 43.9. The maximum atomic E-state index is 15.8. The number of aromatic amines is 1. The van der Waals surface area contributed by atoms with Gasteiger partial charge in [0.25, 0.3) is 0 Å². The maximum absolute atomic E-state index is 15.8. The monoisotopic (exact) mass is 1850 g/mol. The summed E-state index contributed by atoms with van der Waals surface area (Å²) in [6, 6.07) is 26.0. The van der Waals surface area contributed by atoms with E-state index < -0.39 is 217 Å². The molecule has 1 aromatic heterocycles. The molecule has 35 nitrogen and oxygen atoms in total. The molecule has 0 unspecified atom stereocenters. The molecule has 2 aliphatic rings. The fraction of sp³-hybridized carbons (Fsp3) is 0.432. The van der Waals surface area contributed by atoms with Gasteiger partial charge in [-0.1, -0.05) is 190 Å². The normalized spacial score (nSPS) is 23.2. The van der Waals surface area contributed by atoms with Crippen LogP contribution in [-0.2, 0) is 110 Å². The van der Waals surface area contributed by atoms with E-state index in [4.69, 9.17) is 5.73 Å².